The Labute approximate surface area is 66.7 Å². The zero-order valence-electron chi connectivity index (χ0n) is 7.38. The van der Waals surface area contributed by atoms with Crippen LogP contribution >= 0.6 is 0 Å². The molecule has 1 unspecified atom stereocenters. The lowest BCUT2D eigenvalue weighted by Gasteiger charge is -2.09. The number of hydrogen-bond donors (Lipinski definition) is 0. The zero-order chi connectivity index (χ0) is 9.02. The normalized spacial score (nSPS) is 12.8. The van der Waals surface area contributed by atoms with E-state index in [1.54, 1.807) is 20.8 Å². The Balaban J connectivity index is 4.13. The molecule has 0 aromatic rings. The molecule has 0 radical (unpaired) electrons. The summed E-state index contributed by atoms with van der Waals surface area (Å²) in [6.07, 6.45) is 0. The van der Waals surface area contributed by atoms with E-state index in [9.17, 15) is 9.59 Å². The number of carbonyl (C=O) groups is 2. The van der Waals surface area contributed by atoms with Crippen LogP contribution in [-0.4, -0.2) is 18.9 Å². The third kappa shape index (κ3) is 2.70. The van der Waals surface area contributed by atoms with Gasteiger partial charge in [0, 0.05) is 5.92 Å². The van der Waals surface area contributed by atoms with E-state index < -0.39 is 11.9 Å². The monoisotopic (exact) mass is 158 g/mol. The molecule has 0 aliphatic carbocycles. The summed E-state index contributed by atoms with van der Waals surface area (Å²) in [5, 5.41) is 0. The van der Waals surface area contributed by atoms with Crippen molar-refractivity contribution in [3.8, 4) is 0 Å². The molecule has 0 saturated heterocycles. The first-order valence-electron chi connectivity index (χ1n) is 3.62. The summed E-state index contributed by atoms with van der Waals surface area (Å²) in [4.78, 5) is 22.0. The minimum absolute atomic E-state index is 0.0724. The highest BCUT2D eigenvalue weighted by Crippen LogP contribution is 2.07. The number of ether oxygens (including phenoxy) is 1. The minimum atomic E-state index is -0.625. The van der Waals surface area contributed by atoms with Gasteiger partial charge in [-0.05, 0) is 6.92 Å². The second-order valence-corrected chi connectivity index (χ2v) is 2.80. The number of methoxy groups -OCH3 is 1. The maximum atomic E-state index is 11.1. The molecule has 0 N–H and O–H groups in total. The highest BCUT2D eigenvalue weighted by molar-refractivity contribution is 5.99. The molecule has 0 bridgehead atoms. The summed E-state index contributed by atoms with van der Waals surface area (Å²) < 4.78 is 4.42. The van der Waals surface area contributed by atoms with E-state index in [2.05, 4.69) is 4.74 Å². The van der Waals surface area contributed by atoms with Gasteiger partial charge in [0.05, 0.1) is 7.11 Å². The van der Waals surface area contributed by atoms with Gasteiger partial charge in [-0.3, -0.25) is 9.59 Å². The van der Waals surface area contributed by atoms with Crippen LogP contribution < -0.4 is 0 Å². The minimum Gasteiger partial charge on any atom is -0.468 e. The van der Waals surface area contributed by atoms with Crippen LogP contribution in [0.15, 0.2) is 0 Å². The second-order valence-electron chi connectivity index (χ2n) is 2.80. The molecule has 0 aromatic heterocycles. The number of ketones is 1. The highest BCUT2D eigenvalue weighted by atomic mass is 16.5. The molecule has 3 nitrogen and oxygen atoms in total. The topological polar surface area (TPSA) is 43.4 Å². The second kappa shape index (κ2) is 4.11. The standard InChI is InChI=1S/C8H14O3/c1-5(2)7(9)6(3)8(10)11-4/h5-6H,1-4H3. The molecule has 0 fully saturated rings. The van der Waals surface area contributed by atoms with Gasteiger partial charge in [-0.1, -0.05) is 13.8 Å². The van der Waals surface area contributed by atoms with Crippen LogP contribution in [-0.2, 0) is 14.3 Å². The predicted octanol–water partition coefficient (Wildman–Crippen LogP) is 1.02. The SMILES string of the molecule is COC(=O)C(C)C(=O)C(C)C. The fraction of sp³-hybridized carbons (Fsp3) is 0.750. The molecular formula is C8H14O3. The van der Waals surface area contributed by atoms with Crippen molar-refractivity contribution in [3.63, 3.8) is 0 Å². The van der Waals surface area contributed by atoms with Crippen LogP contribution in [0.1, 0.15) is 20.8 Å². The Morgan fingerprint density at radius 1 is 1.18 bits per heavy atom. The van der Waals surface area contributed by atoms with Gasteiger partial charge < -0.3 is 4.74 Å². The molecular weight excluding hydrogens is 144 g/mol. The smallest absolute Gasteiger partial charge is 0.315 e. The van der Waals surface area contributed by atoms with Crippen LogP contribution in [0.4, 0.5) is 0 Å². The molecule has 0 heterocycles. The van der Waals surface area contributed by atoms with Crippen molar-refractivity contribution in [1.29, 1.82) is 0 Å². The van der Waals surface area contributed by atoms with Crippen molar-refractivity contribution in [1.82, 2.24) is 0 Å². The summed E-state index contributed by atoms with van der Waals surface area (Å²) in [6.45, 7) is 5.09. The highest BCUT2D eigenvalue weighted by Gasteiger charge is 2.23. The number of Topliss-reactive ketones (excluding diaryl/α,β-unsaturated/α-hetero) is 1. The van der Waals surface area contributed by atoms with Crippen molar-refractivity contribution < 1.29 is 14.3 Å². The lowest BCUT2D eigenvalue weighted by molar-refractivity contribution is -0.149. The van der Waals surface area contributed by atoms with Crippen LogP contribution in [0.25, 0.3) is 0 Å². The van der Waals surface area contributed by atoms with Crippen LogP contribution in [0, 0.1) is 11.8 Å². The summed E-state index contributed by atoms with van der Waals surface area (Å²) in [5.74, 6) is -1.26. The van der Waals surface area contributed by atoms with Gasteiger partial charge in [-0.2, -0.15) is 0 Å². The van der Waals surface area contributed by atoms with E-state index in [0.717, 1.165) is 0 Å². The van der Waals surface area contributed by atoms with Gasteiger partial charge >= 0.3 is 5.97 Å². The van der Waals surface area contributed by atoms with E-state index in [-0.39, 0.29) is 11.7 Å². The maximum absolute atomic E-state index is 11.1. The molecule has 0 spiro atoms. The number of hydrogen-bond acceptors (Lipinski definition) is 3. The third-order valence-corrected chi connectivity index (χ3v) is 1.55. The third-order valence-electron chi connectivity index (χ3n) is 1.55. The maximum Gasteiger partial charge on any atom is 0.315 e. The van der Waals surface area contributed by atoms with Gasteiger partial charge in [-0.25, -0.2) is 0 Å². The van der Waals surface area contributed by atoms with Gasteiger partial charge in [0.15, 0.2) is 0 Å². The molecule has 0 aliphatic rings. The van der Waals surface area contributed by atoms with E-state index in [0.29, 0.717) is 0 Å². The lowest BCUT2D eigenvalue weighted by atomic mass is 9.97. The van der Waals surface area contributed by atoms with Crippen molar-refractivity contribution in [2.45, 2.75) is 20.8 Å². The summed E-state index contributed by atoms with van der Waals surface area (Å²) >= 11 is 0. The van der Waals surface area contributed by atoms with Gasteiger partial charge in [-0.15, -0.1) is 0 Å². The Hall–Kier alpha value is -0.860. The first-order chi connectivity index (χ1) is 5.00. The lowest BCUT2D eigenvalue weighted by Crippen LogP contribution is -2.25. The van der Waals surface area contributed by atoms with Crippen LogP contribution in [0.2, 0.25) is 0 Å². The fourth-order valence-corrected chi connectivity index (χ4v) is 0.793. The van der Waals surface area contributed by atoms with Gasteiger partial charge in [0.2, 0.25) is 0 Å². The quantitative estimate of drug-likeness (QED) is 0.455. The molecule has 0 rings (SSSR count). The largest absolute Gasteiger partial charge is 0.468 e. The average Bonchev–Trinajstić information content (AvgIpc) is 2.00. The molecule has 0 saturated carbocycles. The molecule has 0 aliphatic heterocycles. The predicted molar refractivity (Wildman–Crippen MR) is 41.0 cm³/mol. The van der Waals surface area contributed by atoms with Gasteiger partial charge in [0.1, 0.15) is 11.7 Å². The number of esters is 1. The number of rotatable bonds is 3. The summed E-state index contributed by atoms with van der Waals surface area (Å²) in [7, 11) is 1.28. The summed E-state index contributed by atoms with van der Waals surface area (Å²) in [6, 6.07) is 0. The Morgan fingerprint density at radius 2 is 1.64 bits per heavy atom. The molecule has 64 valence electrons. The molecule has 11 heavy (non-hydrogen) atoms. The van der Waals surface area contributed by atoms with E-state index in [4.69, 9.17) is 0 Å². The first kappa shape index (κ1) is 10.1. The molecule has 3 heteroatoms. The van der Waals surface area contributed by atoms with Crippen molar-refractivity contribution in [2.24, 2.45) is 11.8 Å². The molecule has 0 aromatic carbocycles. The van der Waals surface area contributed by atoms with Crippen LogP contribution in [0.5, 0.6) is 0 Å². The fourth-order valence-electron chi connectivity index (χ4n) is 0.793. The van der Waals surface area contributed by atoms with Crippen molar-refractivity contribution in [3.05, 3.63) is 0 Å². The molecule has 0 amide bonds. The van der Waals surface area contributed by atoms with Crippen LogP contribution in [0.3, 0.4) is 0 Å². The summed E-state index contributed by atoms with van der Waals surface area (Å²) in [5.41, 5.74) is 0. The molecule has 1 atom stereocenters. The zero-order valence-corrected chi connectivity index (χ0v) is 7.38. The first-order valence-corrected chi connectivity index (χ1v) is 3.62. The van der Waals surface area contributed by atoms with Crippen molar-refractivity contribution in [2.75, 3.05) is 7.11 Å². The van der Waals surface area contributed by atoms with E-state index in [1.807, 2.05) is 0 Å². The van der Waals surface area contributed by atoms with E-state index >= 15 is 0 Å². The Morgan fingerprint density at radius 3 is 1.91 bits per heavy atom. The Bertz CT molecular complexity index is 161. The number of carbonyl (C=O) groups excluding carboxylic acids is 2. The van der Waals surface area contributed by atoms with E-state index in [1.165, 1.54) is 7.11 Å². The average molecular weight is 158 g/mol. The van der Waals surface area contributed by atoms with Gasteiger partial charge in [0.25, 0.3) is 0 Å². The Kier molecular flexibility index (Phi) is 3.79. The van der Waals surface area contributed by atoms with Crippen molar-refractivity contribution >= 4 is 11.8 Å².